The summed E-state index contributed by atoms with van der Waals surface area (Å²) in [7, 11) is 3.53. The van der Waals surface area contributed by atoms with Gasteiger partial charge in [-0.2, -0.15) is 0 Å². The summed E-state index contributed by atoms with van der Waals surface area (Å²) in [6, 6.07) is 8.96. The van der Waals surface area contributed by atoms with Crippen LogP contribution in [0, 0.1) is 0 Å². The van der Waals surface area contributed by atoms with E-state index in [1.807, 2.05) is 0 Å². The van der Waals surface area contributed by atoms with E-state index in [2.05, 4.69) is 41.4 Å². The van der Waals surface area contributed by atoms with Gasteiger partial charge in [0, 0.05) is 33.9 Å². The zero-order chi connectivity index (χ0) is 15.1. The van der Waals surface area contributed by atoms with Crippen LogP contribution in [-0.4, -0.2) is 57.5 Å². The van der Waals surface area contributed by atoms with Gasteiger partial charge < -0.3 is 14.8 Å². The Kier molecular flexibility index (Phi) is 6.64. The van der Waals surface area contributed by atoms with Crippen LogP contribution in [0.25, 0.3) is 0 Å². The molecular formula is C17H28N2O2. The van der Waals surface area contributed by atoms with E-state index in [0.717, 1.165) is 39.1 Å². The molecule has 1 N–H and O–H groups in total. The van der Waals surface area contributed by atoms with Crippen molar-refractivity contribution in [2.45, 2.75) is 32.1 Å². The van der Waals surface area contributed by atoms with E-state index in [4.69, 9.17) is 9.47 Å². The van der Waals surface area contributed by atoms with Gasteiger partial charge in [0.05, 0.1) is 12.2 Å². The smallest absolute Gasteiger partial charge is 0.0971 e. The Hall–Kier alpha value is -0.940. The largest absolute Gasteiger partial charge is 0.377 e. The Morgan fingerprint density at radius 1 is 1.05 bits per heavy atom. The van der Waals surface area contributed by atoms with Gasteiger partial charge in [0.2, 0.25) is 0 Å². The summed E-state index contributed by atoms with van der Waals surface area (Å²) in [5.74, 6) is 0. The maximum atomic E-state index is 5.48. The van der Waals surface area contributed by atoms with Crippen LogP contribution in [0.3, 0.4) is 0 Å². The lowest BCUT2D eigenvalue weighted by Gasteiger charge is -2.15. The lowest BCUT2D eigenvalue weighted by Crippen LogP contribution is -2.27. The normalized spacial score (nSPS) is 22.8. The van der Waals surface area contributed by atoms with Gasteiger partial charge >= 0.3 is 0 Å². The number of nitrogens with zero attached hydrogens (tertiary/aromatic N) is 1. The summed E-state index contributed by atoms with van der Waals surface area (Å²) in [4.78, 5) is 2.40. The van der Waals surface area contributed by atoms with Gasteiger partial charge in [-0.1, -0.05) is 31.2 Å². The first-order valence-electron chi connectivity index (χ1n) is 7.83. The number of methoxy groups -OCH3 is 2. The average Bonchev–Trinajstić information content (AvgIpc) is 2.91. The third-order valence-corrected chi connectivity index (χ3v) is 4.17. The molecule has 0 spiro atoms. The summed E-state index contributed by atoms with van der Waals surface area (Å²) in [5, 5.41) is 3.36. The molecule has 1 aromatic rings. The maximum Gasteiger partial charge on any atom is 0.0971 e. The number of nitrogens with one attached hydrogen (secondary N) is 1. The van der Waals surface area contributed by atoms with Crippen LogP contribution >= 0.6 is 0 Å². The van der Waals surface area contributed by atoms with Crippen molar-refractivity contribution in [3.8, 4) is 0 Å². The second-order valence-corrected chi connectivity index (χ2v) is 5.66. The Labute approximate surface area is 128 Å². The molecule has 4 heteroatoms. The SMILES string of the molecule is CCNCCc1ccc(CN2CC(OC)C(OC)C2)cc1. The molecule has 0 amide bonds. The second-order valence-electron chi connectivity index (χ2n) is 5.66. The van der Waals surface area contributed by atoms with Crippen LogP contribution in [0.1, 0.15) is 18.1 Å². The first-order valence-corrected chi connectivity index (χ1v) is 7.83. The predicted octanol–water partition coefficient (Wildman–Crippen LogP) is 1.68. The van der Waals surface area contributed by atoms with Crippen molar-refractivity contribution in [3.05, 3.63) is 35.4 Å². The summed E-state index contributed by atoms with van der Waals surface area (Å²) in [6.07, 6.45) is 1.47. The van der Waals surface area contributed by atoms with Crippen LogP contribution < -0.4 is 5.32 Å². The third-order valence-electron chi connectivity index (χ3n) is 4.17. The highest BCUT2D eigenvalue weighted by Crippen LogP contribution is 2.18. The van der Waals surface area contributed by atoms with Crippen molar-refractivity contribution in [3.63, 3.8) is 0 Å². The molecule has 1 aliphatic heterocycles. The molecule has 4 nitrogen and oxygen atoms in total. The molecule has 0 bridgehead atoms. The summed E-state index contributed by atoms with van der Waals surface area (Å²) in [6.45, 7) is 7.07. The summed E-state index contributed by atoms with van der Waals surface area (Å²) >= 11 is 0. The standard InChI is InChI=1S/C17H28N2O2/c1-4-18-10-9-14-5-7-15(8-6-14)11-19-12-16(20-2)17(13-19)21-3/h5-8,16-18H,4,9-13H2,1-3H3. The molecular weight excluding hydrogens is 264 g/mol. The third kappa shape index (κ3) is 4.78. The van der Waals surface area contributed by atoms with E-state index in [-0.39, 0.29) is 12.2 Å². The summed E-state index contributed by atoms with van der Waals surface area (Å²) < 4.78 is 11.0. The molecule has 1 saturated heterocycles. The fourth-order valence-corrected chi connectivity index (χ4v) is 2.88. The predicted molar refractivity (Wildman–Crippen MR) is 85.6 cm³/mol. The van der Waals surface area contributed by atoms with E-state index < -0.39 is 0 Å². The fourth-order valence-electron chi connectivity index (χ4n) is 2.88. The van der Waals surface area contributed by atoms with Gasteiger partial charge in [-0.05, 0) is 30.6 Å². The topological polar surface area (TPSA) is 33.7 Å². The second kappa shape index (κ2) is 8.49. The van der Waals surface area contributed by atoms with Crippen molar-refractivity contribution in [1.29, 1.82) is 0 Å². The Bertz CT molecular complexity index is 396. The molecule has 2 atom stereocenters. The van der Waals surface area contributed by atoms with Crippen molar-refractivity contribution >= 4 is 0 Å². The van der Waals surface area contributed by atoms with E-state index in [9.17, 15) is 0 Å². The van der Waals surface area contributed by atoms with Crippen LogP contribution in [0.5, 0.6) is 0 Å². The fraction of sp³-hybridized carbons (Fsp3) is 0.647. The molecule has 2 rings (SSSR count). The first-order chi connectivity index (χ1) is 10.3. The monoisotopic (exact) mass is 292 g/mol. The quantitative estimate of drug-likeness (QED) is 0.739. The lowest BCUT2D eigenvalue weighted by molar-refractivity contribution is -0.00461. The van der Waals surface area contributed by atoms with E-state index in [0.29, 0.717) is 0 Å². The van der Waals surface area contributed by atoms with Crippen LogP contribution in [-0.2, 0) is 22.4 Å². The number of hydrogen-bond acceptors (Lipinski definition) is 4. The molecule has 1 aromatic carbocycles. The van der Waals surface area contributed by atoms with Crippen molar-refractivity contribution in [2.75, 3.05) is 40.4 Å². The lowest BCUT2D eigenvalue weighted by atomic mass is 10.1. The minimum Gasteiger partial charge on any atom is -0.377 e. The van der Waals surface area contributed by atoms with E-state index >= 15 is 0 Å². The Balaban J connectivity index is 1.83. The number of rotatable bonds is 8. The van der Waals surface area contributed by atoms with Crippen molar-refractivity contribution < 1.29 is 9.47 Å². The minimum absolute atomic E-state index is 0.189. The van der Waals surface area contributed by atoms with Crippen LogP contribution in [0.15, 0.2) is 24.3 Å². The van der Waals surface area contributed by atoms with Gasteiger partial charge in [0.25, 0.3) is 0 Å². The number of hydrogen-bond donors (Lipinski definition) is 1. The first kappa shape index (κ1) is 16.4. The molecule has 1 fully saturated rings. The molecule has 0 aromatic heterocycles. The Morgan fingerprint density at radius 2 is 1.62 bits per heavy atom. The highest BCUT2D eigenvalue weighted by molar-refractivity contribution is 5.23. The van der Waals surface area contributed by atoms with Gasteiger partial charge in [0.15, 0.2) is 0 Å². The van der Waals surface area contributed by atoms with Crippen LogP contribution in [0.4, 0.5) is 0 Å². The van der Waals surface area contributed by atoms with Gasteiger partial charge in [-0.15, -0.1) is 0 Å². The number of benzene rings is 1. The average molecular weight is 292 g/mol. The molecule has 0 aliphatic carbocycles. The minimum atomic E-state index is 0.189. The highest BCUT2D eigenvalue weighted by atomic mass is 16.5. The highest BCUT2D eigenvalue weighted by Gasteiger charge is 2.32. The van der Waals surface area contributed by atoms with Crippen molar-refractivity contribution in [1.82, 2.24) is 10.2 Å². The van der Waals surface area contributed by atoms with Crippen LogP contribution in [0.2, 0.25) is 0 Å². The molecule has 1 heterocycles. The summed E-state index contributed by atoms with van der Waals surface area (Å²) in [5.41, 5.74) is 2.75. The number of ether oxygens (including phenoxy) is 2. The van der Waals surface area contributed by atoms with Gasteiger partial charge in [0.1, 0.15) is 0 Å². The maximum absolute atomic E-state index is 5.48. The number of likely N-dealkylation sites (tertiary alicyclic amines) is 1. The van der Waals surface area contributed by atoms with Crippen molar-refractivity contribution in [2.24, 2.45) is 0 Å². The molecule has 0 saturated carbocycles. The molecule has 21 heavy (non-hydrogen) atoms. The molecule has 1 aliphatic rings. The zero-order valence-electron chi connectivity index (χ0n) is 13.5. The number of likely N-dealkylation sites (N-methyl/N-ethyl adjacent to an activating group) is 1. The molecule has 0 radical (unpaired) electrons. The Morgan fingerprint density at radius 3 is 2.14 bits per heavy atom. The molecule has 118 valence electrons. The zero-order valence-corrected chi connectivity index (χ0v) is 13.5. The molecule has 2 unspecified atom stereocenters. The van der Waals surface area contributed by atoms with Gasteiger partial charge in [-0.25, -0.2) is 0 Å². The van der Waals surface area contributed by atoms with E-state index in [1.165, 1.54) is 11.1 Å². The van der Waals surface area contributed by atoms with E-state index in [1.54, 1.807) is 14.2 Å². The van der Waals surface area contributed by atoms with Gasteiger partial charge in [-0.3, -0.25) is 4.90 Å².